The van der Waals surface area contributed by atoms with E-state index in [9.17, 15) is 9.59 Å². The molecule has 128 valence electrons. The zero-order valence-electron chi connectivity index (χ0n) is 14.8. The van der Waals surface area contributed by atoms with Crippen LogP contribution in [0.2, 0.25) is 0 Å². The van der Waals surface area contributed by atoms with Gasteiger partial charge >= 0.3 is 0 Å². The average Bonchev–Trinajstić information content (AvgIpc) is 2.83. The third-order valence-electron chi connectivity index (χ3n) is 4.32. The van der Waals surface area contributed by atoms with E-state index < -0.39 is 0 Å². The number of amides is 2. The number of hydrogen-bond donors (Lipinski definition) is 1. The molecule has 2 amide bonds. The number of hydrogen-bond acceptors (Lipinski definition) is 3. The van der Waals surface area contributed by atoms with Crippen molar-refractivity contribution in [3.8, 4) is 0 Å². The predicted octanol–water partition coefficient (Wildman–Crippen LogP) is 3.91. The standard InChI is InChI=1S/C21H22N2O2/c1-4-12-23-20(24)18(16-8-6-5-7-9-16)19(21(23)25)22-17-11-10-14(2)13-15(17)3/h5-11,13,22H,4,12H2,1-3H3. The van der Waals surface area contributed by atoms with Crippen LogP contribution < -0.4 is 5.32 Å². The van der Waals surface area contributed by atoms with Gasteiger partial charge in [0.2, 0.25) is 0 Å². The Bertz CT molecular complexity index is 853. The summed E-state index contributed by atoms with van der Waals surface area (Å²) >= 11 is 0. The summed E-state index contributed by atoms with van der Waals surface area (Å²) in [5.74, 6) is -0.490. The van der Waals surface area contributed by atoms with Crippen molar-refractivity contribution >= 4 is 23.1 Å². The first-order valence-electron chi connectivity index (χ1n) is 8.53. The molecule has 2 aromatic rings. The minimum absolute atomic E-state index is 0.231. The summed E-state index contributed by atoms with van der Waals surface area (Å²) in [7, 11) is 0. The smallest absolute Gasteiger partial charge is 0.278 e. The summed E-state index contributed by atoms with van der Waals surface area (Å²) in [5, 5.41) is 3.22. The molecule has 4 nitrogen and oxygen atoms in total. The highest BCUT2D eigenvalue weighted by molar-refractivity contribution is 6.36. The summed E-state index contributed by atoms with van der Waals surface area (Å²) in [5.41, 5.74) is 4.59. The Morgan fingerprint density at radius 3 is 2.32 bits per heavy atom. The molecule has 1 N–H and O–H groups in total. The van der Waals surface area contributed by atoms with Crippen LogP contribution >= 0.6 is 0 Å². The van der Waals surface area contributed by atoms with E-state index in [1.807, 2.05) is 63.2 Å². The number of aryl methyl sites for hydroxylation is 2. The van der Waals surface area contributed by atoms with Gasteiger partial charge in [-0.3, -0.25) is 14.5 Å². The Balaban J connectivity index is 2.08. The van der Waals surface area contributed by atoms with Crippen LogP contribution in [0.1, 0.15) is 30.0 Å². The van der Waals surface area contributed by atoms with E-state index in [1.54, 1.807) is 0 Å². The fraction of sp³-hybridized carbons (Fsp3) is 0.238. The van der Waals surface area contributed by atoms with Gasteiger partial charge in [0.05, 0.1) is 5.57 Å². The topological polar surface area (TPSA) is 49.4 Å². The van der Waals surface area contributed by atoms with Gasteiger partial charge in [-0.1, -0.05) is 55.0 Å². The number of imide groups is 1. The Morgan fingerprint density at radius 2 is 1.68 bits per heavy atom. The zero-order valence-corrected chi connectivity index (χ0v) is 14.8. The maximum atomic E-state index is 12.9. The van der Waals surface area contributed by atoms with Crippen LogP contribution in [0.3, 0.4) is 0 Å². The molecule has 3 rings (SSSR count). The first kappa shape index (κ1) is 17.0. The monoisotopic (exact) mass is 334 g/mol. The molecule has 0 saturated heterocycles. The second-order valence-electron chi connectivity index (χ2n) is 6.32. The van der Waals surface area contributed by atoms with Gasteiger partial charge in [0.25, 0.3) is 11.8 Å². The van der Waals surface area contributed by atoms with Gasteiger partial charge in [0.1, 0.15) is 5.70 Å². The van der Waals surface area contributed by atoms with E-state index in [1.165, 1.54) is 4.90 Å². The lowest BCUT2D eigenvalue weighted by atomic mass is 10.0. The van der Waals surface area contributed by atoms with Crippen molar-refractivity contribution in [2.24, 2.45) is 0 Å². The molecule has 0 aliphatic carbocycles. The van der Waals surface area contributed by atoms with Gasteiger partial charge in [-0.2, -0.15) is 0 Å². The number of nitrogens with one attached hydrogen (secondary N) is 1. The van der Waals surface area contributed by atoms with E-state index >= 15 is 0 Å². The van der Waals surface area contributed by atoms with Crippen molar-refractivity contribution in [3.63, 3.8) is 0 Å². The molecule has 0 atom stereocenters. The number of nitrogens with zero attached hydrogens (tertiary/aromatic N) is 1. The van der Waals surface area contributed by atoms with Crippen molar-refractivity contribution in [3.05, 3.63) is 70.9 Å². The normalized spacial score (nSPS) is 14.4. The van der Waals surface area contributed by atoms with E-state index in [2.05, 4.69) is 11.4 Å². The summed E-state index contributed by atoms with van der Waals surface area (Å²) in [6.45, 7) is 6.40. The van der Waals surface area contributed by atoms with Gasteiger partial charge in [-0.15, -0.1) is 0 Å². The highest BCUT2D eigenvalue weighted by atomic mass is 16.2. The molecule has 1 aliphatic rings. The van der Waals surface area contributed by atoms with E-state index in [0.717, 1.165) is 28.8 Å². The van der Waals surface area contributed by atoms with Crippen molar-refractivity contribution < 1.29 is 9.59 Å². The van der Waals surface area contributed by atoms with E-state index in [-0.39, 0.29) is 11.8 Å². The van der Waals surface area contributed by atoms with Gasteiger partial charge in [-0.05, 0) is 37.5 Å². The highest BCUT2D eigenvalue weighted by Crippen LogP contribution is 2.31. The summed E-state index contributed by atoms with van der Waals surface area (Å²) < 4.78 is 0. The predicted molar refractivity (Wildman–Crippen MR) is 99.9 cm³/mol. The highest BCUT2D eigenvalue weighted by Gasteiger charge is 2.38. The fourth-order valence-corrected chi connectivity index (χ4v) is 3.08. The van der Waals surface area contributed by atoms with E-state index in [0.29, 0.717) is 17.8 Å². The molecule has 1 aliphatic heterocycles. The van der Waals surface area contributed by atoms with Gasteiger partial charge in [0, 0.05) is 12.2 Å². The molecule has 0 radical (unpaired) electrons. The molecule has 0 fully saturated rings. The Morgan fingerprint density at radius 1 is 0.960 bits per heavy atom. The van der Waals surface area contributed by atoms with Crippen molar-refractivity contribution in [1.82, 2.24) is 4.90 Å². The van der Waals surface area contributed by atoms with Gasteiger partial charge < -0.3 is 5.32 Å². The fourth-order valence-electron chi connectivity index (χ4n) is 3.08. The molecule has 0 saturated carbocycles. The largest absolute Gasteiger partial charge is 0.350 e. The molecule has 4 heteroatoms. The summed E-state index contributed by atoms with van der Waals surface area (Å²) in [6, 6.07) is 15.3. The first-order valence-corrected chi connectivity index (χ1v) is 8.53. The van der Waals surface area contributed by atoms with Crippen LogP contribution in [0.25, 0.3) is 5.57 Å². The minimum Gasteiger partial charge on any atom is -0.350 e. The molecule has 2 aromatic carbocycles. The van der Waals surface area contributed by atoms with E-state index in [4.69, 9.17) is 0 Å². The Hall–Kier alpha value is -2.88. The maximum absolute atomic E-state index is 12.9. The van der Waals surface area contributed by atoms with Crippen molar-refractivity contribution in [2.75, 3.05) is 11.9 Å². The first-order chi connectivity index (χ1) is 12.0. The number of carbonyl (C=O) groups is 2. The lowest BCUT2D eigenvalue weighted by Gasteiger charge is -2.14. The number of anilines is 1. The molecule has 0 bridgehead atoms. The molecule has 1 heterocycles. The molecule has 0 spiro atoms. The van der Waals surface area contributed by atoms with Crippen molar-refractivity contribution in [2.45, 2.75) is 27.2 Å². The summed E-state index contributed by atoms with van der Waals surface area (Å²) in [4.78, 5) is 27.0. The quantitative estimate of drug-likeness (QED) is 0.844. The number of benzene rings is 2. The Kier molecular flexibility index (Phi) is 4.70. The average molecular weight is 334 g/mol. The van der Waals surface area contributed by atoms with Crippen LogP contribution in [0.5, 0.6) is 0 Å². The lowest BCUT2D eigenvalue weighted by molar-refractivity contribution is -0.136. The third kappa shape index (κ3) is 3.20. The van der Waals surface area contributed by atoms with Crippen LogP contribution in [-0.4, -0.2) is 23.3 Å². The molecule has 0 unspecified atom stereocenters. The zero-order chi connectivity index (χ0) is 18.0. The molecule has 0 aromatic heterocycles. The SMILES string of the molecule is CCCN1C(=O)C(Nc2ccc(C)cc2C)=C(c2ccccc2)C1=O. The second kappa shape index (κ2) is 6.93. The number of rotatable bonds is 5. The van der Waals surface area contributed by atoms with Crippen LogP contribution in [-0.2, 0) is 9.59 Å². The molecular weight excluding hydrogens is 312 g/mol. The second-order valence-corrected chi connectivity index (χ2v) is 6.32. The molecular formula is C21H22N2O2. The lowest BCUT2D eigenvalue weighted by Crippen LogP contribution is -2.33. The Labute approximate surface area is 148 Å². The number of carbonyl (C=O) groups excluding carboxylic acids is 2. The van der Waals surface area contributed by atoms with Crippen molar-refractivity contribution in [1.29, 1.82) is 0 Å². The van der Waals surface area contributed by atoms with Crippen LogP contribution in [0.4, 0.5) is 5.69 Å². The minimum atomic E-state index is -0.259. The third-order valence-corrected chi connectivity index (χ3v) is 4.32. The molecule has 25 heavy (non-hydrogen) atoms. The maximum Gasteiger partial charge on any atom is 0.278 e. The van der Waals surface area contributed by atoms with Gasteiger partial charge in [-0.25, -0.2) is 0 Å². The van der Waals surface area contributed by atoms with Crippen LogP contribution in [0, 0.1) is 13.8 Å². The van der Waals surface area contributed by atoms with Gasteiger partial charge in [0.15, 0.2) is 0 Å². The van der Waals surface area contributed by atoms with Crippen LogP contribution in [0.15, 0.2) is 54.2 Å². The summed E-state index contributed by atoms with van der Waals surface area (Å²) in [6.07, 6.45) is 0.733.